The lowest BCUT2D eigenvalue weighted by molar-refractivity contribution is -0.145. The van der Waals surface area contributed by atoms with Gasteiger partial charge in [-0.15, -0.1) is 12.3 Å². The molecule has 3 heteroatoms. The number of carbonyl (C=O) groups excluding carboxylic acids is 1. The zero-order chi connectivity index (χ0) is 8.27. The summed E-state index contributed by atoms with van der Waals surface area (Å²) in [7, 11) is 0. The summed E-state index contributed by atoms with van der Waals surface area (Å²) in [6.45, 7) is 0. The Morgan fingerprint density at radius 1 is 1.91 bits per heavy atom. The first-order chi connectivity index (χ1) is 5.24. The monoisotopic (exact) mass is 154 g/mol. The van der Waals surface area contributed by atoms with Crippen LogP contribution in [0.4, 0.5) is 0 Å². The van der Waals surface area contributed by atoms with Crippen LogP contribution in [0.25, 0.3) is 0 Å². The topological polar surface area (TPSA) is 46.5 Å². The van der Waals surface area contributed by atoms with Gasteiger partial charge in [0.05, 0.1) is 0 Å². The maximum Gasteiger partial charge on any atom is 0.306 e. The zero-order valence-corrected chi connectivity index (χ0v) is 6.12. The van der Waals surface area contributed by atoms with E-state index in [0.29, 0.717) is 12.8 Å². The first kappa shape index (κ1) is 8.09. The molecule has 1 heterocycles. The fourth-order valence-electron chi connectivity index (χ4n) is 1.07. The first-order valence-corrected chi connectivity index (χ1v) is 3.55. The quantitative estimate of drug-likeness (QED) is 0.452. The number of esters is 1. The second-order valence-corrected chi connectivity index (χ2v) is 2.54. The maximum atomic E-state index is 10.6. The van der Waals surface area contributed by atoms with Crippen LogP contribution >= 0.6 is 0 Å². The molecular formula is C8H10O3. The number of ether oxygens (including phenoxy) is 1. The predicted octanol–water partition coefficient (Wildman–Crippen LogP) is 0.0762. The summed E-state index contributed by atoms with van der Waals surface area (Å²) in [6, 6.07) is 0. The summed E-state index contributed by atoms with van der Waals surface area (Å²) in [4.78, 5) is 10.6. The molecule has 0 unspecified atom stereocenters. The van der Waals surface area contributed by atoms with Crippen molar-refractivity contribution in [2.45, 2.75) is 31.5 Å². The van der Waals surface area contributed by atoms with Crippen molar-refractivity contribution in [1.29, 1.82) is 0 Å². The first-order valence-electron chi connectivity index (χ1n) is 3.55. The number of hydrogen-bond donors (Lipinski definition) is 1. The minimum Gasteiger partial charge on any atom is -0.460 e. The highest BCUT2D eigenvalue weighted by atomic mass is 16.6. The molecular weight excluding hydrogens is 144 g/mol. The van der Waals surface area contributed by atoms with E-state index in [0.717, 1.165) is 0 Å². The Hall–Kier alpha value is -1.01. The molecule has 2 atom stereocenters. The smallest absolute Gasteiger partial charge is 0.306 e. The van der Waals surface area contributed by atoms with E-state index in [1.54, 1.807) is 0 Å². The lowest BCUT2D eigenvalue weighted by Crippen LogP contribution is -2.24. The Morgan fingerprint density at radius 2 is 2.64 bits per heavy atom. The molecule has 11 heavy (non-hydrogen) atoms. The molecule has 0 spiro atoms. The van der Waals surface area contributed by atoms with Crippen molar-refractivity contribution in [3.05, 3.63) is 0 Å². The SMILES string of the molecule is C#CC[C@H](O)[C@@H]1CCC(=O)O1. The molecule has 1 aliphatic rings. The fraction of sp³-hybridized carbons (Fsp3) is 0.625. The molecule has 0 bridgehead atoms. The fourth-order valence-corrected chi connectivity index (χ4v) is 1.07. The van der Waals surface area contributed by atoms with E-state index in [4.69, 9.17) is 11.2 Å². The highest BCUT2D eigenvalue weighted by molar-refractivity contribution is 5.71. The predicted molar refractivity (Wildman–Crippen MR) is 38.6 cm³/mol. The lowest BCUT2D eigenvalue weighted by Gasteiger charge is -2.13. The number of aliphatic hydroxyl groups excluding tert-OH is 1. The summed E-state index contributed by atoms with van der Waals surface area (Å²) < 4.78 is 4.79. The van der Waals surface area contributed by atoms with Crippen LogP contribution in [0, 0.1) is 12.3 Å². The van der Waals surface area contributed by atoms with Gasteiger partial charge >= 0.3 is 5.97 Å². The third-order valence-electron chi connectivity index (χ3n) is 1.67. The van der Waals surface area contributed by atoms with Gasteiger partial charge in [0.25, 0.3) is 0 Å². The van der Waals surface area contributed by atoms with Gasteiger partial charge in [0.1, 0.15) is 12.2 Å². The third kappa shape index (κ3) is 1.95. The highest BCUT2D eigenvalue weighted by Crippen LogP contribution is 2.18. The number of hydrogen-bond acceptors (Lipinski definition) is 3. The summed E-state index contributed by atoms with van der Waals surface area (Å²) in [6.07, 6.45) is 5.14. The second kappa shape index (κ2) is 3.40. The van der Waals surface area contributed by atoms with Crippen molar-refractivity contribution >= 4 is 5.97 Å². The molecule has 1 N–H and O–H groups in total. The largest absolute Gasteiger partial charge is 0.460 e. The van der Waals surface area contributed by atoms with Crippen LogP contribution in [0.3, 0.4) is 0 Å². The van der Waals surface area contributed by atoms with Crippen molar-refractivity contribution in [2.75, 3.05) is 0 Å². The van der Waals surface area contributed by atoms with Gasteiger partial charge in [-0.25, -0.2) is 0 Å². The maximum absolute atomic E-state index is 10.6. The van der Waals surface area contributed by atoms with Crippen molar-refractivity contribution in [3.63, 3.8) is 0 Å². The van der Waals surface area contributed by atoms with E-state index in [1.807, 2.05) is 0 Å². The standard InChI is InChI=1S/C8H10O3/c1-2-3-6(9)7-4-5-8(10)11-7/h1,6-7,9H,3-5H2/t6-,7-/m0/s1. The van der Waals surface area contributed by atoms with E-state index >= 15 is 0 Å². The Balaban J connectivity index is 2.37. The molecule has 1 fully saturated rings. The van der Waals surface area contributed by atoms with E-state index in [9.17, 15) is 9.90 Å². The van der Waals surface area contributed by atoms with Crippen molar-refractivity contribution in [3.8, 4) is 12.3 Å². The van der Waals surface area contributed by atoms with Crippen LogP contribution < -0.4 is 0 Å². The molecule has 1 rings (SSSR count). The molecule has 0 aromatic rings. The lowest BCUT2D eigenvalue weighted by atomic mass is 10.1. The summed E-state index contributed by atoms with van der Waals surface area (Å²) >= 11 is 0. The van der Waals surface area contributed by atoms with Crippen LogP contribution in [0.5, 0.6) is 0 Å². The van der Waals surface area contributed by atoms with Crippen LogP contribution in [-0.2, 0) is 9.53 Å². The number of rotatable bonds is 2. The van der Waals surface area contributed by atoms with Crippen molar-refractivity contribution in [1.82, 2.24) is 0 Å². The molecule has 0 amide bonds. The molecule has 0 aromatic heterocycles. The second-order valence-electron chi connectivity index (χ2n) is 2.54. The van der Waals surface area contributed by atoms with E-state index in [2.05, 4.69) is 5.92 Å². The van der Waals surface area contributed by atoms with Gasteiger partial charge in [-0.2, -0.15) is 0 Å². The summed E-state index contributed by atoms with van der Waals surface area (Å²) in [5.74, 6) is 2.07. The minimum absolute atomic E-state index is 0.244. The molecule has 0 radical (unpaired) electrons. The molecule has 1 aliphatic heterocycles. The Morgan fingerprint density at radius 3 is 3.09 bits per heavy atom. The zero-order valence-electron chi connectivity index (χ0n) is 6.12. The van der Waals surface area contributed by atoms with E-state index in [-0.39, 0.29) is 18.5 Å². The van der Waals surface area contributed by atoms with Gasteiger partial charge in [0, 0.05) is 12.8 Å². The number of terminal acetylenes is 1. The third-order valence-corrected chi connectivity index (χ3v) is 1.67. The Bertz CT molecular complexity index is 192. The molecule has 60 valence electrons. The number of cyclic esters (lactones) is 1. The number of carbonyl (C=O) groups is 1. The van der Waals surface area contributed by atoms with Crippen LogP contribution in [0.2, 0.25) is 0 Å². The van der Waals surface area contributed by atoms with Gasteiger partial charge in [-0.1, -0.05) is 0 Å². The van der Waals surface area contributed by atoms with Crippen LogP contribution in [0.1, 0.15) is 19.3 Å². The van der Waals surface area contributed by atoms with Crippen molar-refractivity contribution in [2.24, 2.45) is 0 Å². The summed E-state index contributed by atoms with van der Waals surface area (Å²) in [5.41, 5.74) is 0. The summed E-state index contributed by atoms with van der Waals surface area (Å²) in [5, 5.41) is 9.25. The van der Waals surface area contributed by atoms with Gasteiger partial charge in [0.15, 0.2) is 0 Å². The Labute approximate surface area is 65.4 Å². The molecule has 0 aromatic carbocycles. The normalized spacial score (nSPS) is 25.8. The molecule has 3 nitrogen and oxygen atoms in total. The molecule has 1 saturated heterocycles. The molecule has 0 saturated carbocycles. The average Bonchev–Trinajstić information content (AvgIpc) is 2.36. The molecule has 0 aliphatic carbocycles. The van der Waals surface area contributed by atoms with Gasteiger partial charge in [-0.05, 0) is 6.42 Å². The highest BCUT2D eigenvalue weighted by Gasteiger charge is 2.28. The van der Waals surface area contributed by atoms with E-state index in [1.165, 1.54) is 0 Å². The minimum atomic E-state index is -0.688. The van der Waals surface area contributed by atoms with E-state index < -0.39 is 6.10 Å². The van der Waals surface area contributed by atoms with Crippen molar-refractivity contribution < 1.29 is 14.6 Å². The number of aliphatic hydroxyl groups is 1. The average molecular weight is 154 g/mol. The van der Waals surface area contributed by atoms with Crippen LogP contribution in [-0.4, -0.2) is 23.3 Å². The van der Waals surface area contributed by atoms with Gasteiger partial charge in [0.2, 0.25) is 0 Å². The van der Waals surface area contributed by atoms with Gasteiger partial charge < -0.3 is 9.84 Å². The van der Waals surface area contributed by atoms with Gasteiger partial charge in [-0.3, -0.25) is 4.79 Å². The van der Waals surface area contributed by atoms with Crippen LogP contribution in [0.15, 0.2) is 0 Å². The Kier molecular flexibility index (Phi) is 2.50.